The molecule has 5 nitrogen and oxygen atoms in total. The van der Waals surface area contributed by atoms with Crippen LogP contribution in [0.25, 0.3) is 10.9 Å². The number of fused-ring (bicyclic) bond motifs is 1. The highest BCUT2D eigenvalue weighted by atomic mass is 16.5. The lowest BCUT2D eigenvalue weighted by atomic mass is 10.2. The van der Waals surface area contributed by atoms with Crippen LogP contribution in [0.1, 0.15) is 16.1 Å². The second-order valence-electron chi connectivity index (χ2n) is 4.36. The number of carboxylic acid groups (broad SMARTS) is 1. The molecular weight excluding hydrogens is 256 g/mol. The summed E-state index contributed by atoms with van der Waals surface area (Å²) >= 11 is 0. The van der Waals surface area contributed by atoms with E-state index >= 15 is 0 Å². The van der Waals surface area contributed by atoms with Crippen molar-refractivity contribution in [1.82, 2.24) is 10.2 Å². The monoisotopic (exact) mass is 268 g/mol. The molecular formula is C15H12N2O3. The van der Waals surface area contributed by atoms with Crippen molar-refractivity contribution >= 4 is 16.9 Å². The molecule has 0 saturated heterocycles. The lowest BCUT2D eigenvalue weighted by Gasteiger charge is -2.06. The summed E-state index contributed by atoms with van der Waals surface area (Å²) < 4.78 is 5.67. The van der Waals surface area contributed by atoms with Gasteiger partial charge in [0.1, 0.15) is 12.4 Å². The van der Waals surface area contributed by atoms with Gasteiger partial charge in [-0.1, -0.05) is 30.3 Å². The van der Waals surface area contributed by atoms with Gasteiger partial charge in [0.15, 0.2) is 5.69 Å². The zero-order chi connectivity index (χ0) is 13.9. The maximum Gasteiger partial charge on any atom is 0.357 e. The molecule has 0 bridgehead atoms. The van der Waals surface area contributed by atoms with Gasteiger partial charge < -0.3 is 9.84 Å². The fraction of sp³-hybridized carbons (Fsp3) is 0.0667. The van der Waals surface area contributed by atoms with E-state index < -0.39 is 5.97 Å². The smallest absolute Gasteiger partial charge is 0.357 e. The minimum atomic E-state index is -1.05. The summed E-state index contributed by atoms with van der Waals surface area (Å²) in [6.07, 6.45) is 0. The van der Waals surface area contributed by atoms with E-state index in [0.29, 0.717) is 23.3 Å². The van der Waals surface area contributed by atoms with Crippen molar-refractivity contribution in [3.63, 3.8) is 0 Å². The van der Waals surface area contributed by atoms with Crippen molar-refractivity contribution in [3.8, 4) is 5.75 Å². The quantitative estimate of drug-likeness (QED) is 0.763. The number of carboxylic acids is 1. The Bertz CT molecular complexity index is 750. The van der Waals surface area contributed by atoms with Gasteiger partial charge in [-0.3, -0.25) is 5.10 Å². The van der Waals surface area contributed by atoms with E-state index in [1.165, 1.54) is 0 Å². The van der Waals surface area contributed by atoms with E-state index in [4.69, 9.17) is 9.84 Å². The summed E-state index contributed by atoms with van der Waals surface area (Å²) in [6, 6.07) is 15.0. The van der Waals surface area contributed by atoms with Crippen molar-refractivity contribution in [2.75, 3.05) is 0 Å². The summed E-state index contributed by atoms with van der Waals surface area (Å²) in [4.78, 5) is 11.0. The molecule has 0 unspecified atom stereocenters. The molecule has 20 heavy (non-hydrogen) atoms. The molecule has 1 heterocycles. The highest BCUT2D eigenvalue weighted by Gasteiger charge is 2.12. The van der Waals surface area contributed by atoms with E-state index in [2.05, 4.69) is 10.2 Å². The van der Waals surface area contributed by atoms with E-state index in [0.717, 1.165) is 5.56 Å². The summed E-state index contributed by atoms with van der Waals surface area (Å²) in [6.45, 7) is 0.465. The predicted molar refractivity (Wildman–Crippen MR) is 73.8 cm³/mol. The van der Waals surface area contributed by atoms with Crippen molar-refractivity contribution in [2.24, 2.45) is 0 Å². The molecule has 3 rings (SSSR count). The Hall–Kier alpha value is -2.82. The molecule has 0 radical (unpaired) electrons. The minimum absolute atomic E-state index is 0.0228. The zero-order valence-electron chi connectivity index (χ0n) is 10.5. The van der Waals surface area contributed by atoms with Gasteiger partial charge >= 0.3 is 5.97 Å². The molecule has 0 amide bonds. The lowest BCUT2D eigenvalue weighted by Crippen LogP contribution is -1.97. The number of H-pyrrole nitrogens is 1. The number of nitrogens with zero attached hydrogens (tertiary/aromatic N) is 1. The number of aromatic carboxylic acids is 1. The van der Waals surface area contributed by atoms with Crippen molar-refractivity contribution in [1.29, 1.82) is 0 Å². The number of aromatic nitrogens is 2. The Morgan fingerprint density at radius 2 is 2.00 bits per heavy atom. The molecule has 2 aromatic carbocycles. The van der Waals surface area contributed by atoms with Crippen LogP contribution in [0.4, 0.5) is 0 Å². The number of aromatic amines is 1. The molecule has 0 atom stereocenters. The van der Waals surface area contributed by atoms with Crippen LogP contribution in [0, 0.1) is 0 Å². The van der Waals surface area contributed by atoms with Crippen molar-refractivity contribution in [3.05, 3.63) is 59.8 Å². The summed E-state index contributed by atoms with van der Waals surface area (Å²) in [5.74, 6) is -0.379. The van der Waals surface area contributed by atoms with Crippen LogP contribution >= 0.6 is 0 Å². The van der Waals surface area contributed by atoms with Gasteiger partial charge in [0.2, 0.25) is 0 Å². The second kappa shape index (κ2) is 5.05. The Morgan fingerprint density at radius 3 is 2.75 bits per heavy atom. The van der Waals surface area contributed by atoms with E-state index in [1.54, 1.807) is 18.2 Å². The zero-order valence-corrected chi connectivity index (χ0v) is 10.5. The topological polar surface area (TPSA) is 75.2 Å². The van der Waals surface area contributed by atoms with Crippen LogP contribution in [0.5, 0.6) is 5.75 Å². The molecule has 100 valence electrons. The summed E-state index contributed by atoms with van der Waals surface area (Å²) in [5, 5.41) is 16.0. The van der Waals surface area contributed by atoms with E-state index in [9.17, 15) is 4.79 Å². The number of rotatable bonds is 4. The van der Waals surface area contributed by atoms with Crippen LogP contribution in [0.2, 0.25) is 0 Å². The molecule has 0 spiro atoms. The number of benzene rings is 2. The first-order valence-corrected chi connectivity index (χ1v) is 6.12. The van der Waals surface area contributed by atoms with E-state index in [1.807, 2.05) is 30.3 Å². The molecule has 1 aromatic heterocycles. The first-order chi connectivity index (χ1) is 9.74. The second-order valence-corrected chi connectivity index (χ2v) is 4.36. The average Bonchev–Trinajstić information content (AvgIpc) is 2.89. The molecule has 0 fully saturated rings. The summed E-state index contributed by atoms with van der Waals surface area (Å²) in [7, 11) is 0. The van der Waals surface area contributed by atoms with Gasteiger partial charge in [-0.25, -0.2) is 4.79 Å². The van der Waals surface area contributed by atoms with Crippen LogP contribution in [-0.2, 0) is 6.61 Å². The number of nitrogens with one attached hydrogen (secondary N) is 1. The first-order valence-electron chi connectivity index (χ1n) is 6.12. The number of carbonyl (C=O) groups is 1. The lowest BCUT2D eigenvalue weighted by molar-refractivity contribution is 0.0692. The maximum atomic E-state index is 11.0. The fourth-order valence-corrected chi connectivity index (χ4v) is 1.99. The molecule has 2 N–H and O–H groups in total. The third-order valence-corrected chi connectivity index (χ3v) is 2.99. The third-order valence-electron chi connectivity index (χ3n) is 2.99. The van der Waals surface area contributed by atoms with Crippen LogP contribution in [0.3, 0.4) is 0 Å². The van der Waals surface area contributed by atoms with Gasteiger partial charge in [0.05, 0.1) is 5.52 Å². The standard InChI is InChI=1S/C15H12N2O3/c18-15(19)14-12-7-6-11(8-13(12)16-17-14)20-9-10-4-2-1-3-5-10/h1-8H,9H2,(H,16,17)(H,18,19). The first kappa shape index (κ1) is 12.2. The Kier molecular flexibility index (Phi) is 3.09. The number of hydrogen-bond acceptors (Lipinski definition) is 3. The normalized spacial score (nSPS) is 10.6. The SMILES string of the molecule is O=C(O)c1n[nH]c2cc(OCc3ccccc3)ccc12. The van der Waals surface area contributed by atoms with Gasteiger partial charge in [-0.05, 0) is 17.7 Å². The molecule has 0 aliphatic carbocycles. The van der Waals surface area contributed by atoms with Gasteiger partial charge in [-0.2, -0.15) is 5.10 Å². The number of ether oxygens (including phenoxy) is 1. The predicted octanol–water partition coefficient (Wildman–Crippen LogP) is 2.84. The maximum absolute atomic E-state index is 11.0. The van der Waals surface area contributed by atoms with Crippen molar-refractivity contribution < 1.29 is 14.6 Å². The third kappa shape index (κ3) is 2.33. The molecule has 5 heteroatoms. The average molecular weight is 268 g/mol. The highest BCUT2D eigenvalue weighted by molar-refractivity contribution is 6.01. The van der Waals surface area contributed by atoms with Crippen LogP contribution < -0.4 is 4.74 Å². The van der Waals surface area contributed by atoms with Gasteiger partial charge in [0, 0.05) is 11.5 Å². The fourth-order valence-electron chi connectivity index (χ4n) is 1.99. The van der Waals surface area contributed by atoms with Gasteiger partial charge in [0.25, 0.3) is 0 Å². The molecule has 0 aliphatic heterocycles. The number of hydrogen-bond donors (Lipinski definition) is 2. The Balaban J connectivity index is 1.81. The molecule has 0 saturated carbocycles. The highest BCUT2D eigenvalue weighted by Crippen LogP contribution is 2.22. The largest absolute Gasteiger partial charge is 0.489 e. The van der Waals surface area contributed by atoms with Crippen LogP contribution in [0.15, 0.2) is 48.5 Å². The van der Waals surface area contributed by atoms with Crippen LogP contribution in [-0.4, -0.2) is 21.3 Å². The summed E-state index contributed by atoms with van der Waals surface area (Å²) in [5.41, 5.74) is 1.74. The van der Waals surface area contributed by atoms with Gasteiger partial charge in [-0.15, -0.1) is 0 Å². The Morgan fingerprint density at radius 1 is 1.20 bits per heavy atom. The van der Waals surface area contributed by atoms with Crippen molar-refractivity contribution in [2.45, 2.75) is 6.61 Å². The Labute approximate surface area is 114 Å². The minimum Gasteiger partial charge on any atom is -0.489 e. The molecule has 0 aliphatic rings. The molecule has 3 aromatic rings. The van der Waals surface area contributed by atoms with E-state index in [-0.39, 0.29) is 5.69 Å².